The zero-order valence-corrected chi connectivity index (χ0v) is 14.5. The van der Waals surface area contributed by atoms with Crippen LogP contribution in [0, 0.1) is 6.92 Å². The van der Waals surface area contributed by atoms with Crippen LogP contribution in [0.25, 0.3) is 10.9 Å². The van der Waals surface area contributed by atoms with E-state index in [9.17, 15) is 9.59 Å². The van der Waals surface area contributed by atoms with Gasteiger partial charge in [-0.1, -0.05) is 6.92 Å². The SMILES string of the molecule is CCc1ccc(C)[n+](Cc2nc3cc(C(=O)OC)ccc3c(=O)[nH]2)c1. The van der Waals surface area contributed by atoms with Crippen LogP contribution < -0.4 is 10.1 Å². The van der Waals surface area contributed by atoms with Crippen molar-refractivity contribution in [3.8, 4) is 0 Å². The first-order chi connectivity index (χ1) is 12.0. The summed E-state index contributed by atoms with van der Waals surface area (Å²) in [5.41, 5.74) is 2.91. The molecule has 0 saturated heterocycles. The van der Waals surface area contributed by atoms with Gasteiger partial charge in [-0.05, 0) is 30.7 Å². The molecule has 0 aliphatic carbocycles. The number of hydrogen-bond acceptors (Lipinski definition) is 4. The molecule has 128 valence electrons. The number of ether oxygens (including phenoxy) is 1. The minimum absolute atomic E-state index is 0.221. The van der Waals surface area contributed by atoms with E-state index in [1.165, 1.54) is 12.7 Å². The molecule has 2 heterocycles. The average Bonchev–Trinajstić information content (AvgIpc) is 2.62. The number of methoxy groups -OCH3 is 1. The summed E-state index contributed by atoms with van der Waals surface area (Å²) < 4.78 is 6.77. The second-order valence-electron chi connectivity index (χ2n) is 5.90. The first-order valence-electron chi connectivity index (χ1n) is 8.12. The molecule has 6 heteroatoms. The molecule has 0 atom stereocenters. The van der Waals surface area contributed by atoms with Gasteiger partial charge >= 0.3 is 5.97 Å². The monoisotopic (exact) mass is 338 g/mol. The number of H-pyrrole nitrogens is 1. The molecule has 6 nitrogen and oxygen atoms in total. The van der Waals surface area contributed by atoms with Crippen molar-refractivity contribution in [1.82, 2.24) is 9.97 Å². The van der Waals surface area contributed by atoms with E-state index in [4.69, 9.17) is 4.74 Å². The summed E-state index contributed by atoms with van der Waals surface area (Å²) in [5, 5.41) is 0.445. The van der Waals surface area contributed by atoms with E-state index in [1.807, 2.05) is 17.6 Å². The number of pyridine rings is 1. The number of esters is 1. The van der Waals surface area contributed by atoms with E-state index in [0.717, 1.165) is 12.1 Å². The lowest BCUT2D eigenvalue weighted by Gasteiger charge is -2.05. The molecule has 0 radical (unpaired) electrons. The number of hydrogen-bond donors (Lipinski definition) is 1. The summed E-state index contributed by atoms with van der Waals surface area (Å²) in [7, 11) is 1.32. The minimum Gasteiger partial charge on any atom is -0.465 e. The summed E-state index contributed by atoms with van der Waals surface area (Å²) in [5.74, 6) is 0.0901. The Labute approximate surface area is 145 Å². The second-order valence-corrected chi connectivity index (χ2v) is 5.90. The molecule has 0 spiro atoms. The van der Waals surface area contributed by atoms with Crippen LogP contribution >= 0.6 is 0 Å². The van der Waals surface area contributed by atoms with E-state index >= 15 is 0 Å². The van der Waals surface area contributed by atoms with Crippen molar-refractivity contribution in [3.63, 3.8) is 0 Å². The number of fused-ring (bicyclic) bond motifs is 1. The number of nitrogens with one attached hydrogen (secondary N) is 1. The summed E-state index contributed by atoms with van der Waals surface area (Å²) in [6, 6.07) is 8.87. The fourth-order valence-corrected chi connectivity index (χ4v) is 2.72. The van der Waals surface area contributed by atoms with E-state index in [1.54, 1.807) is 18.2 Å². The molecule has 0 saturated carbocycles. The Hall–Kier alpha value is -3.02. The topological polar surface area (TPSA) is 75.9 Å². The van der Waals surface area contributed by atoms with Gasteiger partial charge in [-0.3, -0.25) is 4.79 Å². The summed E-state index contributed by atoms with van der Waals surface area (Å²) in [4.78, 5) is 31.4. The van der Waals surface area contributed by atoms with E-state index in [2.05, 4.69) is 29.2 Å². The van der Waals surface area contributed by atoms with Gasteiger partial charge in [0.15, 0.2) is 17.7 Å². The summed E-state index contributed by atoms with van der Waals surface area (Å²) >= 11 is 0. The molecule has 3 aromatic rings. The van der Waals surface area contributed by atoms with Crippen LogP contribution in [0.15, 0.2) is 41.3 Å². The lowest BCUT2D eigenvalue weighted by Crippen LogP contribution is -2.39. The van der Waals surface area contributed by atoms with Gasteiger partial charge in [0.1, 0.15) is 0 Å². The molecule has 0 bridgehead atoms. The molecule has 2 aromatic heterocycles. The van der Waals surface area contributed by atoms with Crippen molar-refractivity contribution >= 4 is 16.9 Å². The van der Waals surface area contributed by atoms with Crippen LogP contribution in [0.1, 0.15) is 34.4 Å². The van der Waals surface area contributed by atoms with Gasteiger partial charge in [0, 0.05) is 18.6 Å². The molecular formula is C19H20N3O3+. The molecule has 0 aliphatic heterocycles. The molecule has 0 amide bonds. The van der Waals surface area contributed by atoms with Crippen LogP contribution in [-0.4, -0.2) is 23.0 Å². The lowest BCUT2D eigenvalue weighted by molar-refractivity contribution is -0.695. The number of benzene rings is 1. The van der Waals surface area contributed by atoms with Gasteiger partial charge in [-0.15, -0.1) is 0 Å². The average molecular weight is 338 g/mol. The first-order valence-corrected chi connectivity index (χ1v) is 8.12. The third-order valence-corrected chi connectivity index (χ3v) is 4.22. The van der Waals surface area contributed by atoms with Crippen molar-refractivity contribution in [1.29, 1.82) is 0 Å². The number of rotatable bonds is 4. The maximum Gasteiger partial charge on any atom is 0.337 e. The Morgan fingerprint density at radius 3 is 2.80 bits per heavy atom. The van der Waals surface area contributed by atoms with Gasteiger partial charge in [-0.2, -0.15) is 4.57 Å². The highest BCUT2D eigenvalue weighted by Gasteiger charge is 2.14. The van der Waals surface area contributed by atoms with Crippen LogP contribution in [0.2, 0.25) is 0 Å². The summed E-state index contributed by atoms with van der Waals surface area (Å²) in [6.07, 6.45) is 2.99. The van der Waals surface area contributed by atoms with Crippen LogP contribution in [-0.2, 0) is 17.7 Å². The smallest absolute Gasteiger partial charge is 0.337 e. The van der Waals surface area contributed by atoms with Crippen LogP contribution in [0.3, 0.4) is 0 Å². The molecule has 25 heavy (non-hydrogen) atoms. The predicted molar refractivity (Wildman–Crippen MR) is 93.6 cm³/mol. The molecule has 3 rings (SSSR count). The van der Waals surface area contributed by atoms with Crippen molar-refractivity contribution in [2.75, 3.05) is 7.11 Å². The number of aryl methyl sites for hydroxylation is 2. The maximum absolute atomic E-state index is 12.3. The van der Waals surface area contributed by atoms with Gasteiger partial charge in [-0.25, -0.2) is 9.78 Å². The third kappa shape index (κ3) is 3.42. The number of nitrogens with zero attached hydrogens (tertiary/aromatic N) is 2. The van der Waals surface area contributed by atoms with Crippen molar-refractivity contribution in [2.24, 2.45) is 0 Å². The minimum atomic E-state index is -0.452. The quantitative estimate of drug-likeness (QED) is 0.582. The zero-order chi connectivity index (χ0) is 18.0. The molecular weight excluding hydrogens is 318 g/mol. The van der Waals surface area contributed by atoms with Gasteiger partial charge in [0.05, 0.1) is 23.6 Å². The molecule has 0 fully saturated rings. The van der Waals surface area contributed by atoms with Crippen molar-refractivity contribution < 1.29 is 14.1 Å². The molecule has 0 unspecified atom stereocenters. The molecule has 0 aliphatic rings. The highest BCUT2D eigenvalue weighted by atomic mass is 16.5. The first kappa shape index (κ1) is 16.8. The maximum atomic E-state index is 12.3. The van der Waals surface area contributed by atoms with Gasteiger partial charge < -0.3 is 9.72 Å². The fraction of sp³-hybridized carbons (Fsp3) is 0.263. The van der Waals surface area contributed by atoms with E-state index < -0.39 is 5.97 Å². The highest BCUT2D eigenvalue weighted by molar-refractivity contribution is 5.93. The Balaban J connectivity index is 2.05. The number of carbonyl (C=O) groups excluding carboxylic acids is 1. The zero-order valence-electron chi connectivity index (χ0n) is 14.5. The molecule has 1 N–H and O–H groups in total. The fourth-order valence-electron chi connectivity index (χ4n) is 2.72. The standard InChI is InChI=1S/C19H19N3O3/c1-4-13-6-5-12(2)22(10-13)11-17-20-16-9-14(19(24)25-3)7-8-15(16)18(23)21-17/h5-10H,4,11H2,1-3H3/p+1. The van der Waals surface area contributed by atoms with Gasteiger partial charge in [0.25, 0.3) is 5.56 Å². The Kier molecular flexibility index (Phi) is 4.61. The lowest BCUT2D eigenvalue weighted by atomic mass is 10.1. The van der Waals surface area contributed by atoms with Crippen LogP contribution in [0.4, 0.5) is 0 Å². The Bertz CT molecular complexity index is 1010. The Morgan fingerprint density at radius 1 is 1.28 bits per heavy atom. The largest absolute Gasteiger partial charge is 0.465 e. The van der Waals surface area contributed by atoms with Crippen LogP contribution in [0.5, 0.6) is 0 Å². The van der Waals surface area contributed by atoms with Gasteiger partial charge in [0.2, 0.25) is 6.54 Å². The Morgan fingerprint density at radius 2 is 2.08 bits per heavy atom. The third-order valence-electron chi connectivity index (χ3n) is 4.22. The van der Waals surface area contributed by atoms with E-state index in [0.29, 0.717) is 28.8 Å². The highest BCUT2D eigenvalue weighted by Crippen LogP contribution is 2.11. The molecule has 1 aromatic carbocycles. The normalized spacial score (nSPS) is 10.8. The number of carbonyl (C=O) groups is 1. The van der Waals surface area contributed by atoms with Crippen molar-refractivity contribution in [3.05, 3.63) is 69.5 Å². The van der Waals surface area contributed by atoms with Crippen molar-refractivity contribution in [2.45, 2.75) is 26.8 Å². The second kappa shape index (κ2) is 6.84. The van der Waals surface area contributed by atoms with E-state index in [-0.39, 0.29) is 5.56 Å². The predicted octanol–water partition coefficient (Wildman–Crippen LogP) is 1.92. The summed E-state index contributed by atoms with van der Waals surface area (Å²) in [6.45, 7) is 4.56. The number of aromatic amines is 1. The number of aromatic nitrogens is 3.